The number of halogens is 3. The molecule has 0 unspecified atom stereocenters. The van der Waals surface area contributed by atoms with Gasteiger partial charge in [-0.25, -0.2) is 0 Å². The van der Waals surface area contributed by atoms with Gasteiger partial charge in [-0.2, -0.15) is 13.2 Å². The van der Waals surface area contributed by atoms with Gasteiger partial charge in [0.25, 0.3) is 0 Å². The zero-order valence-corrected chi connectivity index (χ0v) is 16.9. The van der Waals surface area contributed by atoms with Crippen LogP contribution in [-0.4, -0.2) is 31.8 Å². The molecule has 0 aliphatic carbocycles. The highest BCUT2D eigenvalue weighted by Gasteiger charge is 2.35. The van der Waals surface area contributed by atoms with Crippen LogP contribution in [0.3, 0.4) is 0 Å². The molecule has 2 aromatic carbocycles. The lowest BCUT2D eigenvalue weighted by molar-refractivity contribution is -0.146. The molecule has 2 aromatic rings. The van der Waals surface area contributed by atoms with E-state index in [1.807, 2.05) is 44.2 Å². The van der Waals surface area contributed by atoms with Crippen molar-refractivity contribution in [2.45, 2.75) is 25.6 Å². The van der Waals surface area contributed by atoms with Crippen LogP contribution in [0.5, 0.6) is 5.75 Å². The molecule has 0 atom stereocenters. The van der Waals surface area contributed by atoms with Gasteiger partial charge in [0.15, 0.2) is 0 Å². The molecule has 4 nitrogen and oxygen atoms in total. The Hall–Kier alpha value is -2.96. The van der Waals surface area contributed by atoms with E-state index < -0.39 is 17.3 Å². The first-order chi connectivity index (χ1) is 14.1. The molecule has 1 fully saturated rings. The average molecular weight is 417 g/mol. The summed E-state index contributed by atoms with van der Waals surface area (Å²) < 4.78 is 50.1. The Kier molecular flexibility index (Phi) is 4.79. The van der Waals surface area contributed by atoms with Gasteiger partial charge in [0.1, 0.15) is 11.4 Å². The molecule has 2 heterocycles. The molecule has 30 heavy (non-hydrogen) atoms. The maximum atomic E-state index is 13.2. The molecular formula is C23H22F3NO3. The monoisotopic (exact) mass is 417 g/mol. The van der Waals surface area contributed by atoms with Crippen LogP contribution in [0.15, 0.2) is 48.5 Å². The Bertz CT molecular complexity index is 1020. The van der Waals surface area contributed by atoms with E-state index in [0.717, 1.165) is 29.0 Å². The number of nitrogens with zero attached hydrogens (tertiary/aromatic N) is 1. The maximum Gasteiger partial charge on any atom is 0.416 e. The van der Waals surface area contributed by atoms with Crippen molar-refractivity contribution in [2.75, 3.05) is 25.1 Å². The van der Waals surface area contributed by atoms with Crippen LogP contribution >= 0.6 is 0 Å². The Labute approximate surface area is 172 Å². The van der Waals surface area contributed by atoms with Gasteiger partial charge in [0, 0.05) is 24.3 Å². The molecule has 0 spiro atoms. The van der Waals surface area contributed by atoms with Crippen molar-refractivity contribution in [3.63, 3.8) is 0 Å². The summed E-state index contributed by atoms with van der Waals surface area (Å²) in [6.07, 6.45) is -2.51. The summed E-state index contributed by atoms with van der Waals surface area (Å²) in [5.41, 5.74) is 1.78. The Balaban J connectivity index is 1.67. The second-order valence-corrected chi connectivity index (χ2v) is 8.15. The van der Waals surface area contributed by atoms with Gasteiger partial charge in [0.05, 0.1) is 18.6 Å². The number of fused-ring (bicyclic) bond motifs is 1. The van der Waals surface area contributed by atoms with E-state index in [1.54, 1.807) is 0 Å². The lowest BCUT2D eigenvalue weighted by Crippen LogP contribution is -2.50. The quantitative estimate of drug-likeness (QED) is 0.665. The van der Waals surface area contributed by atoms with Crippen LogP contribution in [0.25, 0.3) is 5.57 Å². The number of rotatable bonds is 3. The second kappa shape index (κ2) is 7.07. The van der Waals surface area contributed by atoms with Crippen molar-refractivity contribution in [1.82, 2.24) is 0 Å². The van der Waals surface area contributed by atoms with E-state index in [2.05, 4.69) is 4.90 Å². The number of esters is 1. The summed E-state index contributed by atoms with van der Waals surface area (Å²) in [6, 6.07) is 11.4. The van der Waals surface area contributed by atoms with Crippen LogP contribution < -0.4 is 9.64 Å². The van der Waals surface area contributed by atoms with Crippen LogP contribution in [0.2, 0.25) is 0 Å². The first-order valence-electron chi connectivity index (χ1n) is 9.64. The van der Waals surface area contributed by atoms with E-state index in [-0.39, 0.29) is 17.6 Å². The number of benzene rings is 2. The van der Waals surface area contributed by atoms with Gasteiger partial charge in [-0.15, -0.1) is 0 Å². The number of methoxy groups -OCH3 is 1. The molecule has 0 aromatic heterocycles. The molecule has 0 N–H and O–H groups in total. The Morgan fingerprint density at radius 3 is 2.57 bits per heavy atom. The first-order valence-corrected chi connectivity index (χ1v) is 9.64. The summed E-state index contributed by atoms with van der Waals surface area (Å²) in [4.78, 5) is 13.7. The molecule has 4 rings (SSSR count). The smallest absolute Gasteiger partial charge is 0.416 e. The van der Waals surface area contributed by atoms with Crippen LogP contribution in [0.4, 0.5) is 18.9 Å². The third-order valence-electron chi connectivity index (χ3n) is 5.40. The molecule has 2 aliphatic rings. The topological polar surface area (TPSA) is 38.8 Å². The van der Waals surface area contributed by atoms with Gasteiger partial charge in [-0.05, 0) is 55.3 Å². The minimum atomic E-state index is -4.43. The predicted octanol–water partition coefficient (Wildman–Crippen LogP) is 4.92. The standard InChI is InChI=1S/C23H22F3NO3/c1-22(2)11-19(18-8-7-16(23(24,25)26)10-20(18)30-22)14-5-4-6-17(9-14)27-12-15(13-27)21(28)29-3/h4-11,15H,12-13H2,1-3H3. The van der Waals surface area contributed by atoms with Gasteiger partial charge in [0.2, 0.25) is 0 Å². The third-order valence-corrected chi connectivity index (χ3v) is 5.40. The summed E-state index contributed by atoms with van der Waals surface area (Å²) >= 11 is 0. The lowest BCUT2D eigenvalue weighted by atomic mass is 9.88. The molecule has 0 radical (unpaired) electrons. The number of alkyl halides is 3. The number of hydrogen-bond acceptors (Lipinski definition) is 4. The van der Waals surface area contributed by atoms with Gasteiger partial charge >= 0.3 is 12.1 Å². The normalized spacial score (nSPS) is 18.1. The third kappa shape index (κ3) is 3.76. The van der Waals surface area contributed by atoms with Crippen LogP contribution in [-0.2, 0) is 15.7 Å². The molecular weight excluding hydrogens is 395 g/mol. The van der Waals surface area contributed by atoms with E-state index in [4.69, 9.17) is 9.47 Å². The summed E-state index contributed by atoms with van der Waals surface area (Å²) in [5, 5.41) is 0. The fraction of sp³-hybridized carbons (Fsp3) is 0.348. The Morgan fingerprint density at radius 1 is 1.17 bits per heavy atom. The molecule has 158 valence electrons. The van der Waals surface area contributed by atoms with Gasteiger partial charge in [-0.1, -0.05) is 18.2 Å². The number of ether oxygens (including phenoxy) is 2. The molecule has 0 amide bonds. The van der Waals surface area contributed by atoms with Crippen molar-refractivity contribution in [3.05, 3.63) is 65.2 Å². The van der Waals surface area contributed by atoms with Gasteiger partial charge < -0.3 is 14.4 Å². The van der Waals surface area contributed by atoms with Crippen molar-refractivity contribution < 1.29 is 27.4 Å². The summed E-state index contributed by atoms with van der Waals surface area (Å²) in [6.45, 7) is 4.79. The van der Waals surface area contributed by atoms with E-state index >= 15 is 0 Å². The predicted molar refractivity (Wildman–Crippen MR) is 107 cm³/mol. The average Bonchev–Trinajstić information content (AvgIpc) is 2.64. The van der Waals surface area contributed by atoms with Gasteiger partial charge in [-0.3, -0.25) is 4.79 Å². The Morgan fingerprint density at radius 2 is 1.90 bits per heavy atom. The van der Waals surface area contributed by atoms with E-state index in [9.17, 15) is 18.0 Å². The second-order valence-electron chi connectivity index (χ2n) is 8.15. The number of carbonyl (C=O) groups excluding carboxylic acids is 1. The molecule has 0 saturated carbocycles. The van der Waals surface area contributed by atoms with Crippen molar-refractivity contribution in [1.29, 1.82) is 0 Å². The largest absolute Gasteiger partial charge is 0.483 e. The highest BCUT2D eigenvalue weighted by molar-refractivity contribution is 5.86. The SMILES string of the molecule is COC(=O)C1CN(c2cccc(C3=CC(C)(C)Oc4cc(C(F)(F)F)ccc43)c2)C1. The minimum absolute atomic E-state index is 0.138. The molecule has 1 saturated heterocycles. The zero-order chi connectivity index (χ0) is 21.7. The summed E-state index contributed by atoms with van der Waals surface area (Å²) in [5.74, 6) is -0.139. The minimum Gasteiger partial charge on any atom is -0.483 e. The lowest BCUT2D eigenvalue weighted by Gasteiger charge is -2.39. The highest BCUT2D eigenvalue weighted by Crippen LogP contribution is 2.43. The number of anilines is 1. The van der Waals surface area contributed by atoms with Crippen molar-refractivity contribution in [2.24, 2.45) is 5.92 Å². The van der Waals surface area contributed by atoms with Crippen molar-refractivity contribution >= 4 is 17.2 Å². The highest BCUT2D eigenvalue weighted by atomic mass is 19.4. The first kappa shape index (κ1) is 20.3. The fourth-order valence-electron chi connectivity index (χ4n) is 3.86. The van der Waals surface area contributed by atoms with Crippen LogP contribution in [0, 0.1) is 5.92 Å². The molecule has 2 aliphatic heterocycles. The zero-order valence-electron chi connectivity index (χ0n) is 16.9. The number of carbonyl (C=O) groups is 1. The molecule has 7 heteroatoms. The van der Waals surface area contributed by atoms with E-state index in [0.29, 0.717) is 18.7 Å². The molecule has 0 bridgehead atoms. The van der Waals surface area contributed by atoms with Crippen LogP contribution in [0.1, 0.15) is 30.5 Å². The number of hydrogen-bond donors (Lipinski definition) is 0. The fourth-order valence-corrected chi connectivity index (χ4v) is 3.86. The maximum absolute atomic E-state index is 13.2. The van der Waals surface area contributed by atoms with Crippen molar-refractivity contribution in [3.8, 4) is 5.75 Å². The van der Waals surface area contributed by atoms with E-state index in [1.165, 1.54) is 13.2 Å². The summed E-state index contributed by atoms with van der Waals surface area (Å²) in [7, 11) is 1.38.